The maximum absolute atomic E-state index is 3.76. The molecule has 0 amide bonds. The Morgan fingerprint density at radius 3 is 2.00 bits per heavy atom. The Morgan fingerprint density at radius 2 is 1.38 bits per heavy atom. The molecule has 0 heterocycles. The van der Waals surface area contributed by atoms with Crippen molar-refractivity contribution >= 4 is 0 Å². The normalized spacial score (nSPS) is 16.8. The summed E-state index contributed by atoms with van der Waals surface area (Å²) in [4.78, 5) is 0. The lowest BCUT2D eigenvalue weighted by Crippen LogP contribution is -1.92. The van der Waals surface area contributed by atoms with E-state index in [0.29, 0.717) is 0 Å². The minimum absolute atomic E-state index is 1.10. The summed E-state index contributed by atoms with van der Waals surface area (Å²) < 4.78 is 0. The molecular formula is C16H30. The van der Waals surface area contributed by atoms with E-state index in [2.05, 4.69) is 6.58 Å². The van der Waals surface area contributed by atoms with Crippen LogP contribution in [0.15, 0.2) is 12.7 Å². The van der Waals surface area contributed by atoms with E-state index >= 15 is 0 Å². The Bertz CT molecular complexity index is 153. The molecule has 0 bridgehead atoms. The summed E-state index contributed by atoms with van der Waals surface area (Å²) >= 11 is 0. The Labute approximate surface area is 103 Å². The molecule has 0 aliphatic heterocycles. The fourth-order valence-electron chi connectivity index (χ4n) is 2.90. The van der Waals surface area contributed by atoms with E-state index in [-0.39, 0.29) is 0 Å². The van der Waals surface area contributed by atoms with Crippen LogP contribution in [-0.2, 0) is 0 Å². The first-order chi connectivity index (χ1) is 7.93. The summed E-state index contributed by atoms with van der Waals surface area (Å²) in [5, 5.41) is 0. The van der Waals surface area contributed by atoms with E-state index in [4.69, 9.17) is 0 Å². The molecule has 0 nitrogen and oxygen atoms in total. The minimum atomic E-state index is 1.10. The molecule has 0 saturated heterocycles. The van der Waals surface area contributed by atoms with Gasteiger partial charge in [0.25, 0.3) is 0 Å². The SMILES string of the molecule is C=CCCCCCCCCCC1CCCC1. The first-order valence-corrected chi connectivity index (χ1v) is 7.54. The van der Waals surface area contributed by atoms with Crippen molar-refractivity contribution in [2.45, 2.75) is 83.5 Å². The van der Waals surface area contributed by atoms with Crippen LogP contribution in [0.1, 0.15) is 83.5 Å². The fourth-order valence-corrected chi connectivity index (χ4v) is 2.90. The molecule has 1 rings (SSSR count). The van der Waals surface area contributed by atoms with Crippen LogP contribution < -0.4 is 0 Å². The molecular weight excluding hydrogens is 192 g/mol. The van der Waals surface area contributed by atoms with Crippen LogP contribution in [0.5, 0.6) is 0 Å². The van der Waals surface area contributed by atoms with E-state index in [0.717, 1.165) is 5.92 Å². The van der Waals surface area contributed by atoms with Gasteiger partial charge in [-0.25, -0.2) is 0 Å². The predicted octanol–water partition coefficient (Wildman–Crippen LogP) is 5.87. The number of hydrogen-bond donors (Lipinski definition) is 0. The number of allylic oxidation sites excluding steroid dienone is 1. The summed E-state index contributed by atoms with van der Waals surface area (Å²) in [5.74, 6) is 1.10. The Morgan fingerprint density at radius 1 is 0.812 bits per heavy atom. The molecule has 1 fully saturated rings. The van der Waals surface area contributed by atoms with Crippen molar-refractivity contribution in [3.63, 3.8) is 0 Å². The van der Waals surface area contributed by atoms with Crippen LogP contribution in [0, 0.1) is 5.92 Å². The first-order valence-electron chi connectivity index (χ1n) is 7.54. The molecule has 0 aromatic carbocycles. The molecule has 1 saturated carbocycles. The highest BCUT2D eigenvalue weighted by atomic mass is 14.2. The minimum Gasteiger partial charge on any atom is -0.103 e. The van der Waals surface area contributed by atoms with Crippen molar-refractivity contribution in [2.75, 3.05) is 0 Å². The van der Waals surface area contributed by atoms with Gasteiger partial charge in [-0.2, -0.15) is 0 Å². The Hall–Kier alpha value is -0.260. The quantitative estimate of drug-likeness (QED) is 0.320. The second-order valence-electron chi connectivity index (χ2n) is 5.49. The van der Waals surface area contributed by atoms with Gasteiger partial charge in [0, 0.05) is 0 Å². The van der Waals surface area contributed by atoms with Crippen molar-refractivity contribution in [1.82, 2.24) is 0 Å². The van der Waals surface area contributed by atoms with Gasteiger partial charge in [0.15, 0.2) is 0 Å². The lowest BCUT2D eigenvalue weighted by Gasteiger charge is -2.07. The third-order valence-corrected chi connectivity index (χ3v) is 4.00. The van der Waals surface area contributed by atoms with Crippen molar-refractivity contribution in [3.05, 3.63) is 12.7 Å². The molecule has 0 unspecified atom stereocenters. The van der Waals surface area contributed by atoms with Crippen LogP contribution in [0.2, 0.25) is 0 Å². The van der Waals surface area contributed by atoms with Crippen LogP contribution in [0.25, 0.3) is 0 Å². The van der Waals surface area contributed by atoms with Gasteiger partial charge in [-0.05, 0) is 18.8 Å². The van der Waals surface area contributed by atoms with Crippen molar-refractivity contribution in [2.24, 2.45) is 5.92 Å². The van der Waals surface area contributed by atoms with Gasteiger partial charge in [-0.3, -0.25) is 0 Å². The average Bonchev–Trinajstić information content (AvgIpc) is 2.80. The number of unbranched alkanes of at least 4 members (excludes halogenated alkanes) is 7. The van der Waals surface area contributed by atoms with Gasteiger partial charge in [0.1, 0.15) is 0 Å². The average molecular weight is 222 g/mol. The molecule has 0 aromatic heterocycles. The largest absolute Gasteiger partial charge is 0.103 e. The molecule has 0 N–H and O–H groups in total. The maximum atomic E-state index is 3.76. The van der Waals surface area contributed by atoms with Gasteiger partial charge in [0.05, 0.1) is 0 Å². The third-order valence-electron chi connectivity index (χ3n) is 4.00. The standard InChI is InChI=1S/C16H30/c1-2-3-4-5-6-7-8-9-10-13-16-14-11-12-15-16/h2,16H,1,3-15H2. The van der Waals surface area contributed by atoms with E-state index in [1.807, 2.05) is 6.08 Å². The molecule has 0 spiro atoms. The predicted molar refractivity (Wildman–Crippen MR) is 73.7 cm³/mol. The molecule has 16 heavy (non-hydrogen) atoms. The molecule has 0 aromatic rings. The van der Waals surface area contributed by atoms with E-state index < -0.39 is 0 Å². The zero-order valence-electron chi connectivity index (χ0n) is 11.1. The molecule has 0 atom stereocenters. The van der Waals surface area contributed by atoms with Crippen molar-refractivity contribution < 1.29 is 0 Å². The summed E-state index contributed by atoms with van der Waals surface area (Å²) in [6.07, 6.45) is 21.0. The topological polar surface area (TPSA) is 0 Å². The van der Waals surface area contributed by atoms with Gasteiger partial charge in [0.2, 0.25) is 0 Å². The van der Waals surface area contributed by atoms with Gasteiger partial charge in [-0.1, -0.05) is 76.7 Å². The third kappa shape index (κ3) is 7.09. The van der Waals surface area contributed by atoms with Crippen LogP contribution in [0.4, 0.5) is 0 Å². The Balaban J connectivity index is 1.72. The smallest absolute Gasteiger partial charge is 0.0353 e. The van der Waals surface area contributed by atoms with Crippen LogP contribution >= 0.6 is 0 Å². The second kappa shape index (κ2) is 9.93. The lowest BCUT2D eigenvalue weighted by molar-refractivity contribution is 0.461. The van der Waals surface area contributed by atoms with Crippen molar-refractivity contribution in [1.29, 1.82) is 0 Å². The number of rotatable bonds is 10. The Kier molecular flexibility index (Phi) is 8.57. The molecule has 1 aliphatic carbocycles. The highest BCUT2D eigenvalue weighted by Crippen LogP contribution is 2.29. The molecule has 0 heteroatoms. The van der Waals surface area contributed by atoms with Gasteiger partial charge < -0.3 is 0 Å². The fraction of sp³-hybridized carbons (Fsp3) is 0.875. The lowest BCUT2D eigenvalue weighted by atomic mass is 9.99. The zero-order chi connectivity index (χ0) is 11.5. The second-order valence-corrected chi connectivity index (χ2v) is 5.49. The highest BCUT2D eigenvalue weighted by Gasteiger charge is 2.13. The summed E-state index contributed by atoms with van der Waals surface area (Å²) in [6.45, 7) is 3.76. The van der Waals surface area contributed by atoms with Gasteiger partial charge >= 0.3 is 0 Å². The molecule has 1 aliphatic rings. The van der Waals surface area contributed by atoms with Crippen LogP contribution in [0.3, 0.4) is 0 Å². The van der Waals surface area contributed by atoms with Gasteiger partial charge in [-0.15, -0.1) is 6.58 Å². The maximum Gasteiger partial charge on any atom is -0.0353 e. The summed E-state index contributed by atoms with van der Waals surface area (Å²) in [6, 6.07) is 0. The highest BCUT2D eigenvalue weighted by molar-refractivity contribution is 4.67. The van der Waals surface area contributed by atoms with E-state index in [1.54, 1.807) is 0 Å². The van der Waals surface area contributed by atoms with Crippen LogP contribution in [-0.4, -0.2) is 0 Å². The molecule has 0 radical (unpaired) electrons. The monoisotopic (exact) mass is 222 g/mol. The molecule has 94 valence electrons. The van der Waals surface area contributed by atoms with Crippen molar-refractivity contribution in [3.8, 4) is 0 Å². The summed E-state index contributed by atoms with van der Waals surface area (Å²) in [7, 11) is 0. The first kappa shape index (κ1) is 13.8. The van der Waals surface area contributed by atoms with E-state index in [9.17, 15) is 0 Å². The van der Waals surface area contributed by atoms with E-state index in [1.165, 1.54) is 83.5 Å². The number of hydrogen-bond acceptors (Lipinski definition) is 0. The summed E-state index contributed by atoms with van der Waals surface area (Å²) in [5.41, 5.74) is 0. The zero-order valence-corrected chi connectivity index (χ0v) is 11.1.